The molecule has 2 aliphatic rings. The molecule has 0 aromatic carbocycles. The molecule has 2 heterocycles. The molecule has 0 aromatic heterocycles. The largest absolute Gasteiger partial charge is 0.447 e. The molecule has 72 valence electrons. The summed E-state index contributed by atoms with van der Waals surface area (Å²) in [5, 5.41) is 9.68. The zero-order valence-electron chi connectivity index (χ0n) is 7.35. The summed E-state index contributed by atoms with van der Waals surface area (Å²) < 4.78 is 4.88. The lowest BCUT2D eigenvalue weighted by atomic mass is 10.1. The minimum Gasteiger partial charge on any atom is -0.447 e. The topological polar surface area (TPSA) is 49.8 Å². The van der Waals surface area contributed by atoms with Crippen LogP contribution in [-0.4, -0.2) is 41.4 Å². The van der Waals surface area contributed by atoms with Crippen molar-refractivity contribution in [2.45, 2.75) is 25.0 Å². The van der Waals surface area contributed by atoms with E-state index in [0.717, 1.165) is 6.42 Å². The van der Waals surface area contributed by atoms with E-state index >= 15 is 0 Å². The van der Waals surface area contributed by atoms with Gasteiger partial charge in [-0.3, -0.25) is 4.90 Å². The van der Waals surface area contributed by atoms with Gasteiger partial charge in [-0.2, -0.15) is 0 Å². The van der Waals surface area contributed by atoms with Crippen LogP contribution in [0.5, 0.6) is 0 Å². The van der Waals surface area contributed by atoms with Crippen molar-refractivity contribution in [3.8, 4) is 0 Å². The van der Waals surface area contributed by atoms with E-state index < -0.39 is 6.10 Å². The fraction of sp³-hybridized carbons (Fsp3) is 0.667. The Morgan fingerprint density at radius 1 is 1.54 bits per heavy atom. The van der Waals surface area contributed by atoms with E-state index in [9.17, 15) is 9.90 Å². The maximum Gasteiger partial charge on any atom is 0.410 e. The molecule has 2 aliphatic heterocycles. The maximum atomic E-state index is 11.2. The van der Waals surface area contributed by atoms with Crippen LogP contribution < -0.4 is 0 Å². The van der Waals surface area contributed by atoms with E-state index in [1.54, 1.807) is 4.90 Å². The lowest BCUT2D eigenvalue weighted by molar-refractivity contribution is 0.0869. The van der Waals surface area contributed by atoms with Crippen LogP contribution >= 0.6 is 0 Å². The number of aliphatic hydroxyl groups is 1. The number of carbonyl (C=O) groups is 1. The molecule has 0 radical (unpaired) electrons. The summed E-state index contributed by atoms with van der Waals surface area (Å²) in [4.78, 5) is 12.8. The highest BCUT2D eigenvalue weighted by atomic mass is 16.6. The summed E-state index contributed by atoms with van der Waals surface area (Å²) in [5.41, 5.74) is 0. The monoisotopic (exact) mass is 183 g/mol. The van der Waals surface area contributed by atoms with Gasteiger partial charge in [0.15, 0.2) is 0 Å². The Bertz CT molecular complexity index is 239. The van der Waals surface area contributed by atoms with Crippen LogP contribution in [0.2, 0.25) is 0 Å². The Hall–Kier alpha value is -1.03. The van der Waals surface area contributed by atoms with Gasteiger partial charge in [-0.15, -0.1) is 0 Å². The summed E-state index contributed by atoms with van der Waals surface area (Å²) in [6, 6.07) is -0.141. The van der Waals surface area contributed by atoms with Crippen LogP contribution in [-0.2, 0) is 4.74 Å². The summed E-state index contributed by atoms with van der Waals surface area (Å²) >= 11 is 0. The number of cyclic esters (lactones) is 1. The fourth-order valence-electron chi connectivity index (χ4n) is 1.77. The third-order valence-corrected chi connectivity index (χ3v) is 2.54. The first-order valence-electron chi connectivity index (χ1n) is 4.55. The molecular formula is C9H13NO3. The summed E-state index contributed by atoms with van der Waals surface area (Å²) in [5.74, 6) is 0. The first-order valence-corrected chi connectivity index (χ1v) is 4.55. The first kappa shape index (κ1) is 8.56. The van der Waals surface area contributed by atoms with E-state index in [0.29, 0.717) is 19.6 Å². The van der Waals surface area contributed by atoms with Gasteiger partial charge in [0.2, 0.25) is 0 Å². The van der Waals surface area contributed by atoms with Crippen LogP contribution in [0.25, 0.3) is 0 Å². The van der Waals surface area contributed by atoms with Crippen LogP contribution in [0, 0.1) is 0 Å². The molecular weight excluding hydrogens is 170 g/mol. The van der Waals surface area contributed by atoms with Crippen molar-refractivity contribution in [3.63, 3.8) is 0 Å². The van der Waals surface area contributed by atoms with Crippen molar-refractivity contribution in [1.82, 2.24) is 4.90 Å². The SMILES string of the molecule is O=C1OC[C@H]2[C@H](O)C/C=C\CCN12. The van der Waals surface area contributed by atoms with Gasteiger partial charge >= 0.3 is 6.09 Å². The molecule has 0 aliphatic carbocycles. The third-order valence-electron chi connectivity index (χ3n) is 2.54. The molecule has 2 atom stereocenters. The standard InChI is InChI=1S/C9H13NO3/c11-8-4-2-1-3-5-10-7(8)6-13-9(10)12/h1-2,7-8,11H,3-6H2/b2-1-/t7-,8+/m0/s1. The lowest BCUT2D eigenvalue weighted by Crippen LogP contribution is -2.42. The second kappa shape index (κ2) is 3.38. The van der Waals surface area contributed by atoms with Gasteiger partial charge < -0.3 is 9.84 Å². The zero-order valence-corrected chi connectivity index (χ0v) is 7.35. The van der Waals surface area contributed by atoms with Crippen molar-refractivity contribution in [2.24, 2.45) is 0 Å². The Morgan fingerprint density at radius 2 is 2.38 bits per heavy atom. The van der Waals surface area contributed by atoms with Crippen molar-refractivity contribution in [2.75, 3.05) is 13.2 Å². The number of hydrogen-bond acceptors (Lipinski definition) is 3. The molecule has 1 N–H and O–H groups in total. The molecule has 0 aromatic rings. The number of ether oxygens (including phenoxy) is 1. The van der Waals surface area contributed by atoms with E-state index in [2.05, 4.69) is 0 Å². The van der Waals surface area contributed by atoms with Crippen molar-refractivity contribution >= 4 is 6.09 Å². The first-order chi connectivity index (χ1) is 6.29. The van der Waals surface area contributed by atoms with Crippen LogP contribution in [0.15, 0.2) is 12.2 Å². The smallest absolute Gasteiger partial charge is 0.410 e. The molecule has 4 heteroatoms. The van der Waals surface area contributed by atoms with Crippen LogP contribution in [0.1, 0.15) is 12.8 Å². The molecule has 0 saturated carbocycles. The van der Waals surface area contributed by atoms with Crippen molar-refractivity contribution < 1.29 is 14.6 Å². The lowest BCUT2D eigenvalue weighted by Gasteiger charge is -2.25. The second-order valence-electron chi connectivity index (χ2n) is 3.40. The highest BCUT2D eigenvalue weighted by Gasteiger charge is 2.37. The number of fused-ring (bicyclic) bond motifs is 1. The molecule has 0 unspecified atom stereocenters. The Morgan fingerprint density at radius 3 is 3.23 bits per heavy atom. The molecule has 1 fully saturated rings. The molecule has 0 spiro atoms. The van der Waals surface area contributed by atoms with Gasteiger partial charge in [0, 0.05) is 6.54 Å². The third kappa shape index (κ3) is 1.54. The van der Waals surface area contributed by atoms with Crippen LogP contribution in [0.3, 0.4) is 0 Å². The Balaban J connectivity index is 2.14. The summed E-state index contributed by atoms with van der Waals surface area (Å²) in [6.45, 7) is 0.977. The number of amides is 1. The number of hydrogen-bond donors (Lipinski definition) is 1. The molecule has 13 heavy (non-hydrogen) atoms. The number of carbonyl (C=O) groups excluding carboxylic acids is 1. The predicted molar refractivity (Wildman–Crippen MR) is 46.2 cm³/mol. The van der Waals surface area contributed by atoms with Gasteiger partial charge in [-0.1, -0.05) is 12.2 Å². The molecule has 1 saturated heterocycles. The highest BCUT2D eigenvalue weighted by molar-refractivity contribution is 5.70. The van der Waals surface area contributed by atoms with E-state index in [-0.39, 0.29) is 12.1 Å². The van der Waals surface area contributed by atoms with Gasteiger partial charge in [0.1, 0.15) is 6.61 Å². The van der Waals surface area contributed by atoms with Crippen molar-refractivity contribution in [1.29, 1.82) is 0 Å². The molecule has 0 bridgehead atoms. The highest BCUT2D eigenvalue weighted by Crippen LogP contribution is 2.19. The maximum absolute atomic E-state index is 11.2. The predicted octanol–water partition coefficient (Wildman–Crippen LogP) is 0.518. The minimum atomic E-state index is -0.483. The Kier molecular flexibility index (Phi) is 2.22. The van der Waals surface area contributed by atoms with E-state index in [1.165, 1.54) is 0 Å². The number of nitrogens with zero attached hydrogens (tertiary/aromatic N) is 1. The minimum absolute atomic E-state index is 0.141. The van der Waals surface area contributed by atoms with E-state index in [4.69, 9.17) is 4.74 Å². The normalized spacial score (nSPS) is 36.1. The number of rotatable bonds is 0. The van der Waals surface area contributed by atoms with Gasteiger partial charge in [0.05, 0.1) is 12.1 Å². The number of aliphatic hydroxyl groups excluding tert-OH is 1. The zero-order chi connectivity index (χ0) is 9.26. The van der Waals surface area contributed by atoms with Gasteiger partial charge in [-0.25, -0.2) is 4.79 Å². The van der Waals surface area contributed by atoms with E-state index in [1.807, 2.05) is 12.2 Å². The van der Waals surface area contributed by atoms with Crippen molar-refractivity contribution in [3.05, 3.63) is 12.2 Å². The second-order valence-corrected chi connectivity index (χ2v) is 3.40. The Labute approximate surface area is 76.8 Å². The average molecular weight is 183 g/mol. The van der Waals surface area contributed by atoms with Gasteiger partial charge in [0.25, 0.3) is 0 Å². The molecule has 2 rings (SSSR count). The summed E-state index contributed by atoms with van der Waals surface area (Å²) in [7, 11) is 0. The molecule has 1 amide bonds. The summed E-state index contributed by atoms with van der Waals surface area (Å²) in [6.07, 6.45) is 4.63. The average Bonchev–Trinajstić information content (AvgIpc) is 2.43. The molecule has 4 nitrogen and oxygen atoms in total. The van der Waals surface area contributed by atoms with Crippen LogP contribution in [0.4, 0.5) is 4.79 Å². The fourth-order valence-corrected chi connectivity index (χ4v) is 1.77. The quantitative estimate of drug-likeness (QED) is 0.557. The van der Waals surface area contributed by atoms with Gasteiger partial charge in [-0.05, 0) is 12.8 Å².